The lowest BCUT2D eigenvalue weighted by atomic mass is 10.4. The molecule has 0 saturated carbocycles. The molecular weight excluding hydrogens is 326 g/mol. The van der Waals surface area contributed by atoms with Crippen LogP contribution in [0.5, 0.6) is 0 Å². The van der Waals surface area contributed by atoms with Crippen LogP contribution < -0.4 is 0 Å². The van der Waals surface area contributed by atoms with Gasteiger partial charge in [-0.2, -0.15) is 8.42 Å². The molecule has 15 heavy (non-hydrogen) atoms. The molecule has 0 aromatic heterocycles. The molecule has 0 aliphatic heterocycles. The van der Waals surface area contributed by atoms with Crippen LogP contribution in [0.3, 0.4) is 0 Å². The van der Waals surface area contributed by atoms with E-state index in [0.717, 1.165) is 0 Å². The van der Waals surface area contributed by atoms with Gasteiger partial charge in [-0.1, -0.05) is 25.8 Å². The fourth-order valence-electron chi connectivity index (χ4n) is 0.916. The Morgan fingerprint density at radius 1 is 1.33 bits per heavy atom. The molecule has 0 unspecified atom stereocenters. The highest BCUT2D eigenvalue weighted by Gasteiger charge is 2.11. The zero-order valence-corrected chi connectivity index (χ0v) is 11.5. The van der Waals surface area contributed by atoms with Crippen molar-refractivity contribution in [1.82, 2.24) is 0 Å². The number of hydrogen-bond donors (Lipinski definition) is 0. The Balaban J connectivity index is 3.43. The summed E-state index contributed by atoms with van der Waals surface area (Å²) in [6.07, 6.45) is 1.22. The van der Waals surface area contributed by atoms with E-state index < -0.39 is 19.0 Å². The van der Waals surface area contributed by atoms with Crippen LogP contribution in [0.1, 0.15) is 0 Å². The Bertz CT molecular complexity index is 590. The zero-order chi connectivity index (χ0) is 11.7. The van der Waals surface area contributed by atoms with Crippen LogP contribution in [-0.4, -0.2) is 18.9 Å². The van der Waals surface area contributed by atoms with Crippen molar-refractivity contribution in [3.63, 3.8) is 0 Å². The van der Waals surface area contributed by atoms with E-state index in [1.54, 1.807) is 12.1 Å². The molecule has 0 heterocycles. The first-order valence-electron chi connectivity index (χ1n) is 3.64. The second-order valence-electron chi connectivity index (χ2n) is 2.75. The SMILES string of the molecule is C[S@@](=O)(=NS(=O)(=O)Cl)c1cccc(Br)c1. The predicted molar refractivity (Wildman–Crippen MR) is 63.7 cm³/mol. The molecular formula is C7H7BrClNO3S2. The number of benzene rings is 1. The normalized spacial score (nSPS) is 15.7. The van der Waals surface area contributed by atoms with Gasteiger partial charge in [0, 0.05) is 26.3 Å². The molecule has 0 radical (unpaired) electrons. The molecule has 4 nitrogen and oxygen atoms in total. The monoisotopic (exact) mass is 331 g/mol. The number of hydrogen-bond acceptors (Lipinski definition) is 3. The van der Waals surface area contributed by atoms with E-state index in [1.807, 2.05) is 0 Å². The quantitative estimate of drug-likeness (QED) is 0.781. The maximum atomic E-state index is 11.9. The highest BCUT2D eigenvalue weighted by atomic mass is 79.9. The largest absolute Gasteiger partial charge is 0.347 e. The molecule has 0 N–H and O–H groups in total. The third-order valence-electron chi connectivity index (χ3n) is 1.46. The maximum absolute atomic E-state index is 11.9. The van der Waals surface area contributed by atoms with Crippen molar-refractivity contribution in [2.75, 3.05) is 6.26 Å². The summed E-state index contributed by atoms with van der Waals surface area (Å²) in [5, 5.41) is 0. The Morgan fingerprint density at radius 2 is 1.93 bits per heavy atom. The van der Waals surface area contributed by atoms with Crippen molar-refractivity contribution in [2.45, 2.75) is 4.90 Å². The smallest absolute Gasteiger partial charge is 0.244 e. The highest BCUT2D eigenvalue weighted by Crippen LogP contribution is 2.19. The molecule has 1 aromatic carbocycles. The van der Waals surface area contributed by atoms with Crippen molar-refractivity contribution < 1.29 is 12.6 Å². The van der Waals surface area contributed by atoms with Crippen LogP contribution in [-0.2, 0) is 19.0 Å². The van der Waals surface area contributed by atoms with Gasteiger partial charge in [-0.15, -0.1) is 0 Å². The van der Waals surface area contributed by atoms with Gasteiger partial charge in [0.25, 0.3) is 0 Å². The molecule has 0 fully saturated rings. The molecule has 1 rings (SSSR count). The number of halogens is 2. The van der Waals surface area contributed by atoms with Gasteiger partial charge >= 0.3 is 9.24 Å². The minimum absolute atomic E-state index is 0.307. The van der Waals surface area contributed by atoms with Gasteiger partial charge in [-0.05, 0) is 18.2 Å². The molecule has 0 spiro atoms. The molecule has 8 heteroatoms. The van der Waals surface area contributed by atoms with Crippen LogP contribution in [0.4, 0.5) is 0 Å². The highest BCUT2D eigenvalue weighted by molar-refractivity contribution is 9.10. The Morgan fingerprint density at radius 3 is 2.40 bits per heavy atom. The molecule has 1 aromatic rings. The maximum Gasteiger partial charge on any atom is 0.347 e. The first kappa shape index (κ1) is 13.0. The predicted octanol–water partition coefficient (Wildman–Crippen LogP) is 2.39. The topological polar surface area (TPSA) is 63.6 Å². The van der Waals surface area contributed by atoms with Crippen LogP contribution in [0, 0.1) is 0 Å². The fraction of sp³-hybridized carbons (Fsp3) is 0.143. The Hall–Kier alpha value is -0.110. The summed E-state index contributed by atoms with van der Waals surface area (Å²) in [7, 11) is -2.23. The summed E-state index contributed by atoms with van der Waals surface area (Å²) in [5.74, 6) is 0. The molecule has 84 valence electrons. The van der Waals surface area contributed by atoms with Gasteiger partial charge in [-0.25, -0.2) is 4.21 Å². The Kier molecular flexibility index (Phi) is 3.80. The van der Waals surface area contributed by atoms with Gasteiger partial charge in [0.15, 0.2) is 0 Å². The van der Waals surface area contributed by atoms with E-state index in [-0.39, 0.29) is 0 Å². The van der Waals surface area contributed by atoms with Crippen LogP contribution in [0.15, 0.2) is 37.4 Å². The summed E-state index contributed by atoms with van der Waals surface area (Å²) in [5.41, 5.74) is 0. The lowest BCUT2D eigenvalue weighted by Gasteiger charge is -2.02. The van der Waals surface area contributed by atoms with Crippen molar-refractivity contribution in [3.05, 3.63) is 28.7 Å². The van der Waals surface area contributed by atoms with E-state index in [2.05, 4.69) is 19.7 Å². The van der Waals surface area contributed by atoms with E-state index in [4.69, 9.17) is 10.7 Å². The lowest BCUT2D eigenvalue weighted by molar-refractivity contribution is 0.611. The van der Waals surface area contributed by atoms with Crippen molar-refractivity contribution in [1.29, 1.82) is 0 Å². The first-order chi connectivity index (χ1) is 6.71. The van der Waals surface area contributed by atoms with Gasteiger partial charge in [0.1, 0.15) is 0 Å². The second-order valence-corrected chi connectivity index (χ2v) is 8.33. The standard InChI is InChI=1S/C7H7BrClNO3S2/c1-14(11,10-15(9,12)13)7-4-2-3-6(8)5-7/h2-5H,1H3/t14-/m0/s1. The molecule has 1 atom stereocenters. The van der Waals surface area contributed by atoms with Crippen molar-refractivity contribution >= 4 is 45.6 Å². The van der Waals surface area contributed by atoms with Gasteiger partial charge in [0.05, 0.1) is 9.73 Å². The molecule has 0 aliphatic carbocycles. The minimum Gasteiger partial charge on any atom is -0.244 e. The molecule has 0 bridgehead atoms. The molecule has 0 amide bonds. The lowest BCUT2D eigenvalue weighted by Crippen LogP contribution is -2.00. The number of nitrogens with zero attached hydrogens (tertiary/aromatic N) is 1. The first-order valence-corrected chi connectivity index (χ1v) is 8.62. The Labute approximate surface area is 102 Å². The van der Waals surface area contributed by atoms with E-state index in [0.29, 0.717) is 9.37 Å². The van der Waals surface area contributed by atoms with Crippen molar-refractivity contribution in [3.8, 4) is 0 Å². The van der Waals surface area contributed by atoms with E-state index >= 15 is 0 Å². The van der Waals surface area contributed by atoms with Crippen molar-refractivity contribution in [2.24, 2.45) is 3.77 Å². The third-order valence-corrected chi connectivity index (χ3v) is 5.44. The van der Waals surface area contributed by atoms with E-state index in [9.17, 15) is 12.6 Å². The van der Waals surface area contributed by atoms with E-state index in [1.165, 1.54) is 18.4 Å². The summed E-state index contributed by atoms with van der Waals surface area (Å²) in [4.78, 5) is 0.307. The third kappa shape index (κ3) is 4.10. The molecule has 0 saturated heterocycles. The van der Waals surface area contributed by atoms with Gasteiger partial charge in [-0.3, -0.25) is 0 Å². The summed E-state index contributed by atoms with van der Waals surface area (Å²) in [6.45, 7) is 0. The van der Waals surface area contributed by atoms with Crippen LogP contribution in [0.25, 0.3) is 0 Å². The minimum atomic E-state index is -4.14. The van der Waals surface area contributed by atoms with Gasteiger partial charge < -0.3 is 0 Å². The molecule has 0 aliphatic rings. The summed E-state index contributed by atoms with van der Waals surface area (Å²) in [6, 6.07) is 6.43. The summed E-state index contributed by atoms with van der Waals surface area (Å²) < 4.78 is 37.1. The average Bonchev–Trinajstić information content (AvgIpc) is 1.99. The fourth-order valence-corrected chi connectivity index (χ4v) is 4.81. The van der Waals surface area contributed by atoms with Gasteiger partial charge in [0.2, 0.25) is 0 Å². The zero-order valence-electron chi connectivity index (χ0n) is 7.55. The number of rotatable bonds is 2. The average molecular weight is 333 g/mol. The van der Waals surface area contributed by atoms with Crippen LogP contribution in [0.2, 0.25) is 0 Å². The van der Waals surface area contributed by atoms with Crippen LogP contribution >= 0.6 is 26.6 Å². The second kappa shape index (κ2) is 4.40. The summed E-state index contributed by atoms with van der Waals surface area (Å²) >= 11 is 3.18.